The predicted octanol–water partition coefficient (Wildman–Crippen LogP) is 3.20. The highest BCUT2D eigenvalue weighted by molar-refractivity contribution is 4.79. The van der Waals surface area contributed by atoms with E-state index in [4.69, 9.17) is 10.5 Å². The molecule has 0 saturated heterocycles. The van der Waals surface area contributed by atoms with E-state index in [2.05, 4.69) is 6.92 Å². The maximum Gasteiger partial charge on any atom is 0.261 e. The van der Waals surface area contributed by atoms with Crippen LogP contribution in [0.4, 0.5) is 8.78 Å². The Morgan fingerprint density at radius 2 is 1.88 bits per heavy atom. The van der Waals surface area contributed by atoms with Crippen LogP contribution in [0.1, 0.15) is 45.4 Å². The molecule has 2 nitrogen and oxygen atoms in total. The van der Waals surface area contributed by atoms with Crippen LogP contribution in [0.5, 0.6) is 0 Å². The zero-order chi connectivity index (χ0) is 12.7. The molecule has 1 aliphatic carbocycles. The van der Waals surface area contributed by atoms with Gasteiger partial charge in [-0.3, -0.25) is 0 Å². The van der Waals surface area contributed by atoms with Gasteiger partial charge in [0.15, 0.2) is 0 Å². The minimum Gasteiger partial charge on any atom is -0.375 e. The van der Waals surface area contributed by atoms with Crippen molar-refractivity contribution in [1.82, 2.24) is 0 Å². The molecular weight excluding hydrogens is 224 g/mol. The first-order valence-electron chi connectivity index (χ1n) is 6.75. The predicted molar refractivity (Wildman–Crippen MR) is 65.2 cm³/mol. The second-order valence-electron chi connectivity index (χ2n) is 5.11. The smallest absolute Gasteiger partial charge is 0.261 e. The first kappa shape index (κ1) is 14.8. The molecule has 0 aliphatic heterocycles. The van der Waals surface area contributed by atoms with Crippen LogP contribution < -0.4 is 5.73 Å². The van der Waals surface area contributed by atoms with Crippen molar-refractivity contribution >= 4 is 0 Å². The quantitative estimate of drug-likeness (QED) is 0.703. The number of ether oxygens (including phenoxy) is 1. The molecule has 2 N–H and O–H groups in total. The maximum atomic E-state index is 11.8. The fourth-order valence-electron chi connectivity index (χ4n) is 2.65. The van der Waals surface area contributed by atoms with Crippen molar-refractivity contribution in [2.24, 2.45) is 17.6 Å². The molecule has 0 aromatic carbocycles. The third kappa shape index (κ3) is 5.77. The van der Waals surface area contributed by atoms with Crippen molar-refractivity contribution in [2.75, 3.05) is 13.2 Å². The van der Waals surface area contributed by atoms with Gasteiger partial charge in [0, 0.05) is 12.6 Å². The van der Waals surface area contributed by atoms with Gasteiger partial charge in [-0.2, -0.15) is 0 Å². The third-order valence-corrected chi connectivity index (χ3v) is 3.91. The zero-order valence-electron chi connectivity index (χ0n) is 10.7. The maximum absolute atomic E-state index is 11.8. The summed E-state index contributed by atoms with van der Waals surface area (Å²) in [6.45, 7) is 2.14. The Morgan fingerprint density at radius 1 is 1.24 bits per heavy atom. The van der Waals surface area contributed by atoms with Crippen LogP contribution >= 0.6 is 0 Å². The molecule has 0 radical (unpaired) electrons. The summed E-state index contributed by atoms with van der Waals surface area (Å²) in [5.74, 6) is 1.43. The number of rotatable bonds is 7. The van der Waals surface area contributed by atoms with Gasteiger partial charge in [0.25, 0.3) is 6.43 Å². The number of nitrogens with two attached hydrogens (primary N) is 1. The van der Waals surface area contributed by atoms with Crippen LogP contribution in [-0.4, -0.2) is 25.7 Å². The number of hydrogen-bond acceptors (Lipinski definition) is 2. The highest BCUT2D eigenvalue weighted by Gasteiger charge is 2.24. The Morgan fingerprint density at radius 3 is 2.41 bits per heavy atom. The van der Waals surface area contributed by atoms with Gasteiger partial charge < -0.3 is 10.5 Å². The van der Waals surface area contributed by atoms with E-state index >= 15 is 0 Å². The first-order valence-corrected chi connectivity index (χ1v) is 6.75. The molecule has 0 bridgehead atoms. The molecule has 1 saturated carbocycles. The fraction of sp³-hybridized carbons (Fsp3) is 1.00. The van der Waals surface area contributed by atoms with Crippen molar-refractivity contribution in [3.8, 4) is 0 Å². The van der Waals surface area contributed by atoms with Crippen LogP contribution in [-0.2, 0) is 4.74 Å². The van der Waals surface area contributed by atoms with E-state index in [9.17, 15) is 8.78 Å². The largest absolute Gasteiger partial charge is 0.375 e. The Labute approximate surface area is 103 Å². The van der Waals surface area contributed by atoms with E-state index in [0.717, 1.165) is 5.92 Å². The lowest BCUT2D eigenvalue weighted by Gasteiger charge is -2.31. The third-order valence-electron chi connectivity index (χ3n) is 3.91. The van der Waals surface area contributed by atoms with Gasteiger partial charge in [0.1, 0.15) is 6.61 Å². The minimum absolute atomic E-state index is 0.116. The van der Waals surface area contributed by atoms with Gasteiger partial charge in [-0.25, -0.2) is 8.78 Å². The van der Waals surface area contributed by atoms with Crippen molar-refractivity contribution < 1.29 is 13.5 Å². The Bertz CT molecular complexity index is 194. The summed E-state index contributed by atoms with van der Waals surface area (Å²) in [6.07, 6.45) is 4.52. The van der Waals surface area contributed by atoms with E-state index in [1.807, 2.05) is 0 Å². The number of alkyl halides is 2. The second kappa shape index (κ2) is 7.98. The molecule has 0 spiro atoms. The topological polar surface area (TPSA) is 35.2 Å². The summed E-state index contributed by atoms with van der Waals surface area (Å²) in [5, 5.41) is 0. The average Bonchev–Trinajstić information content (AvgIpc) is 2.34. The first-order chi connectivity index (χ1) is 8.13. The molecule has 1 atom stereocenters. The van der Waals surface area contributed by atoms with Crippen LogP contribution in [0.3, 0.4) is 0 Å². The van der Waals surface area contributed by atoms with E-state index in [0.29, 0.717) is 18.9 Å². The summed E-state index contributed by atoms with van der Waals surface area (Å²) in [6, 6.07) is 0.116. The highest BCUT2D eigenvalue weighted by Crippen LogP contribution is 2.32. The minimum atomic E-state index is -2.37. The molecular formula is C13H25F2NO. The number of halogens is 2. The summed E-state index contributed by atoms with van der Waals surface area (Å²) in [5.41, 5.74) is 6.08. The fourth-order valence-corrected chi connectivity index (χ4v) is 2.65. The normalized spacial score (nSPS) is 27.4. The van der Waals surface area contributed by atoms with Crippen LogP contribution in [0.15, 0.2) is 0 Å². The standard InChI is InChI=1S/C13H25F2NO/c1-2-10-3-5-11(6-4-10)12(16)7-8-17-9-13(14)15/h10-13H,2-9,16H2,1H3. The average molecular weight is 249 g/mol. The molecule has 0 heterocycles. The van der Waals surface area contributed by atoms with Crippen molar-refractivity contribution in [3.05, 3.63) is 0 Å². The lowest BCUT2D eigenvalue weighted by Crippen LogP contribution is -2.34. The molecule has 0 aromatic rings. The summed E-state index contributed by atoms with van der Waals surface area (Å²) in [7, 11) is 0. The Balaban J connectivity index is 2.09. The van der Waals surface area contributed by atoms with E-state index in [-0.39, 0.29) is 6.04 Å². The lowest BCUT2D eigenvalue weighted by molar-refractivity contribution is 0.0132. The van der Waals surface area contributed by atoms with Gasteiger partial charge in [-0.1, -0.05) is 26.2 Å². The highest BCUT2D eigenvalue weighted by atomic mass is 19.3. The monoisotopic (exact) mass is 249 g/mol. The molecule has 17 heavy (non-hydrogen) atoms. The number of hydrogen-bond donors (Lipinski definition) is 1. The van der Waals surface area contributed by atoms with Crippen LogP contribution in [0.2, 0.25) is 0 Å². The molecule has 1 fully saturated rings. The summed E-state index contributed by atoms with van der Waals surface area (Å²) >= 11 is 0. The van der Waals surface area contributed by atoms with Crippen LogP contribution in [0.25, 0.3) is 0 Å². The van der Waals surface area contributed by atoms with Gasteiger partial charge in [0.05, 0.1) is 0 Å². The zero-order valence-corrected chi connectivity index (χ0v) is 10.7. The molecule has 0 aromatic heterocycles. The van der Waals surface area contributed by atoms with Gasteiger partial charge >= 0.3 is 0 Å². The van der Waals surface area contributed by atoms with E-state index in [1.54, 1.807) is 0 Å². The van der Waals surface area contributed by atoms with E-state index in [1.165, 1.54) is 32.1 Å². The lowest BCUT2D eigenvalue weighted by atomic mass is 9.77. The summed E-state index contributed by atoms with van der Waals surface area (Å²) < 4.78 is 28.5. The molecule has 0 amide bonds. The molecule has 1 unspecified atom stereocenters. The SMILES string of the molecule is CCC1CCC(C(N)CCOCC(F)F)CC1. The van der Waals surface area contributed by atoms with Crippen LogP contribution in [0, 0.1) is 11.8 Å². The van der Waals surface area contributed by atoms with Gasteiger partial charge in [-0.05, 0) is 31.1 Å². The van der Waals surface area contributed by atoms with E-state index < -0.39 is 13.0 Å². The molecule has 1 aliphatic rings. The molecule has 4 heteroatoms. The summed E-state index contributed by atoms with van der Waals surface area (Å²) in [4.78, 5) is 0. The second-order valence-corrected chi connectivity index (χ2v) is 5.11. The Hall–Kier alpha value is -0.220. The van der Waals surface area contributed by atoms with Crippen molar-refractivity contribution in [1.29, 1.82) is 0 Å². The molecule has 1 rings (SSSR count). The van der Waals surface area contributed by atoms with Crippen molar-refractivity contribution in [2.45, 2.75) is 57.9 Å². The molecule has 102 valence electrons. The Kier molecular flexibility index (Phi) is 6.97. The van der Waals surface area contributed by atoms with Gasteiger partial charge in [0.2, 0.25) is 0 Å². The van der Waals surface area contributed by atoms with Crippen molar-refractivity contribution in [3.63, 3.8) is 0 Å². The van der Waals surface area contributed by atoms with Gasteiger partial charge in [-0.15, -0.1) is 0 Å².